The van der Waals surface area contributed by atoms with Crippen LogP contribution in [0.15, 0.2) is 47.9 Å². The fourth-order valence-corrected chi connectivity index (χ4v) is 4.36. The quantitative estimate of drug-likeness (QED) is 0.564. The normalized spacial score (nSPS) is 19.5. The van der Waals surface area contributed by atoms with E-state index in [-0.39, 0.29) is 12.2 Å². The van der Waals surface area contributed by atoms with E-state index in [0.717, 1.165) is 35.5 Å². The number of pyridine rings is 2. The number of anilines is 1. The number of furan rings is 1. The minimum absolute atomic E-state index is 0.0203. The second-order valence-electron chi connectivity index (χ2n) is 8.43. The lowest BCUT2D eigenvalue weighted by molar-refractivity contribution is 0.0988. The van der Waals surface area contributed by atoms with Crippen molar-refractivity contribution in [2.75, 3.05) is 18.0 Å². The molecule has 4 rings (SSSR count). The van der Waals surface area contributed by atoms with Gasteiger partial charge >= 0.3 is 0 Å². The van der Waals surface area contributed by atoms with Gasteiger partial charge in [-0.15, -0.1) is 0 Å². The number of Topliss-reactive ketones (excluding diaryl/α,β-unsaturated/α-hetero) is 1. The fourth-order valence-electron chi connectivity index (χ4n) is 4.36. The Labute approximate surface area is 171 Å². The van der Waals surface area contributed by atoms with Crippen LogP contribution in [0, 0.1) is 11.8 Å². The van der Waals surface area contributed by atoms with Crippen molar-refractivity contribution in [1.82, 2.24) is 9.97 Å². The number of aromatic nitrogens is 2. The van der Waals surface area contributed by atoms with Gasteiger partial charge < -0.3 is 9.32 Å². The second-order valence-corrected chi connectivity index (χ2v) is 8.43. The van der Waals surface area contributed by atoms with Crippen LogP contribution in [-0.4, -0.2) is 28.8 Å². The lowest BCUT2D eigenvalue weighted by atomic mass is 9.91. The van der Waals surface area contributed by atoms with Gasteiger partial charge in [0.1, 0.15) is 17.5 Å². The summed E-state index contributed by atoms with van der Waals surface area (Å²) in [5, 5.41) is 0. The lowest BCUT2D eigenvalue weighted by Crippen LogP contribution is -2.39. The summed E-state index contributed by atoms with van der Waals surface area (Å²) in [4.78, 5) is 24.3. The van der Waals surface area contributed by atoms with Gasteiger partial charge in [0.25, 0.3) is 0 Å². The number of hydrogen-bond donors (Lipinski definition) is 0. The van der Waals surface area contributed by atoms with Crippen LogP contribution < -0.4 is 4.90 Å². The van der Waals surface area contributed by atoms with E-state index in [9.17, 15) is 4.79 Å². The molecule has 1 aliphatic heterocycles. The van der Waals surface area contributed by atoms with Crippen LogP contribution in [0.25, 0.3) is 16.7 Å². The monoisotopic (exact) mass is 389 g/mol. The number of carbonyl (C=O) groups excluding carboxylic acids is 1. The number of rotatable bonds is 5. The summed E-state index contributed by atoms with van der Waals surface area (Å²) in [5.41, 5.74) is 5.56. The van der Waals surface area contributed by atoms with Crippen molar-refractivity contribution in [1.29, 1.82) is 0 Å². The zero-order chi connectivity index (χ0) is 20.5. The fraction of sp³-hybridized carbons (Fsp3) is 0.375. The van der Waals surface area contributed by atoms with Gasteiger partial charge in [0.2, 0.25) is 0 Å². The van der Waals surface area contributed by atoms with Crippen molar-refractivity contribution >= 4 is 28.1 Å². The van der Waals surface area contributed by atoms with Crippen molar-refractivity contribution in [3.8, 4) is 0 Å². The summed E-state index contributed by atoms with van der Waals surface area (Å²) >= 11 is 0. The Balaban J connectivity index is 1.61. The largest absolute Gasteiger partial charge is 0.462 e. The Kier molecular flexibility index (Phi) is 5.22. The first-order valence-electron chi connectivity index (χ1n) is 10.2. The Hall–Kier alpha value is -2.95. The number of hydrogen-bond acceptors (Lipinski definition) is 5. The Bertz CT molecular complexity index is 1060. The summed E-state index contributed by atoms with van der Waals surface area (Å²) in [5.74, 6) is 1.26. The van der Waals surface area contributed by atoms with E-state index in [1.54, 1.807) is 18.4 Å². The maximum Gasteiger partial charge on any atom is 0.185 e. The van der Waals surface area contributed by atoms with Gasteiger partial charge in [-0.3, -0.25) is 9.78 Å². The van der Waals surface area contributed by atoms with Crippen LogP contribution >= 0.6 is 0 Å². The topological polar surface area (TPSA) is 59.2 Å². The van der Waals surface area contributed by atoms with Gasteiger partial charge in [0.05, 0.1) is 0 Å². The molecule has 0 aromatic carbocycles. The molecule has 0 radical (unpaired) electrons. The van der Waals surface area contributed by atoms with Crippen LogP contribution in [-0.2, 0) is 6.42 Å². The maximum atomic E-state index is 13.1. The molecule has 0 unspecified atom stereocenters. The van der Waals surface area contributed by atoms with E-state index < -0.39 is 0 Å². The number of piperidine rings is 1. The first-order chi connectivity index (χ1) is 13.9. The standard InChI is InChI=1S/C24H27N3O2/c1-15(2)19-14-29-23-6-5-20(26-24(19)23)22(28)10-18-11-25-8-7-21(18)27-12-16(3)9-17(4)13-27/h5-8,11,14,16-17H,1,9-10,12-13H2,2-4H3/t16-,17+. The third-order valence-electron chi connectivity index (χ3n) is 5.60. The number of nitrogens with zero attached hydrogens (tertiary/aromatic N) is 3. The average Bonchev–Trinajstić information content (AvgIpc) is 3.11. The highest BCUT2D eigenvalue weighted by atomic mass is 16.3. The van der Waals surface area contributed by atoms with Crippen molar-refractivity contribution in [3.05, 3.63) is 60.3 Å². The van der Waals surface area contributed by atoms with E-state index in [4.69, 9.17) is 4.42 Å². The molecule has 0 aliphatic carbocycles. The summed E-state index contributed by atoms with van der Waals surface area (Å²) < 4.78 is 5.53. The van der Waals surface area contributed by atoms with E-state index >= 15 is 0 Å². The molecule has 4 heterocycles. The van der Waals surface area contributed by atoms with E-state index in [2.05, 4.69) is 35.3 Å². The van der Waals surface area contributed by atoms with Gasteiger partial charge in [0.15, 0.2) is 11.4 Å². The van der Waals surface area contributed by atoms with Crippen molar-refractivity contribution in [3.63, 3.8) is 0 Å². The van der Waals surface area contributed by atoms with Crippen molar-refractivity contribution in [2.24, 2.45) is 11.8 Å². The Morgan fingerprint density at radius 3 is 2.72 bits per heavy atom. The summed E-state index contributed by atoms with van der Waals surface area (Å²) in [6, 6.07) is 5.57. The molecule has 5 heteroatoms. The van der Waals surface area contributed by atoms with Gasteiger partial charge in [-0.05, 0) is 49.0 Å². The summed E-state index contributed by atoms with van der Waals surface area (Å²) in [7, 11) is 0. The van der Waals surface area contributed by atoms with Crippen LogP contribution in [0.4, 0.5) is 5.69 Å². The molecule has 3 aromatic rings. The molecule has 3 aromatic heterocycles. The zero-order valence-electron chi connectivity index (χ0n) is 17.3. The third-order valence-corrected chi connectivity index (χ3v) is 5.60. The molecule has 2 atom stereocenters. The molecule has 29 heavy (non-hydrogen) atoms. The molecular formula is C24H27N3O2. The molecule has 0 N–H and O–H groups in total. The first kappa shape index (κ1) is 19.4. The van der Waals surface area contributed by atoms with Gasteiger partial charge in [-0.1, -0.05) is 20.4 Å². The predicted octanol–water partition coefficient (Wildman–Crippen LogP) is 5.16. The molecule has 1 fully saturated rings. The smallest absolute Gasteiger partial charge is 0.185 e. The average molecular weight is 389 g/mol. The van der Waals surface area contributed by atoms with E-state index in [1.165, 1.54) is 6.42 Å². The van der Waals surface area contributed by atoms with E-state index in [0.29, 0.717) is 28.6 Å². The van der Waals surface area contributed by atoms with Gasteiger partial charge in [-0.25, -0.2) is 4.98 Å². The Morgan fingerprint density at radius 1 is 1.24 bits per heavy atom. The molecule has 0 saturated carbocycles. The molecule has 5 nitrogen and oxygen atoms in total. The minimum Gasteiger partial charge on any atom is -0.462 e. The van der Waals surface area contributed by atoms with Gasteiger partial charge in [0, 0.05) is 48.7 Å². The minimum atomic E-state index is -0.0203. The van der Waals surface area contributed by atoms with Crippen LogP contribution in [0.2, 0.25) is 0 Å². The number of ketones is 1. The number of fused-ring (bicyclic) bond motifs is 1. The predicted molar refractivity (Wildman–Crippen MR) is 116 cm³/mol. The van der Waals surface area contributed by atoms with Crippen molar-refractivity contribution in [2.45, 2.75) is 33.6 Å². The summed E-state index contributed by atoms with van der Waals surface area (Å²) in [6.45, 7) is 12.5. The van der Waals surface area contributed by atoms with Crippen LogP contribution in [0.1, 0.15) is 48.8 Å². The highest BCUT2D eigenvalue weighted by Gasteiger charge is 2.24. The Morgan fingerprint density at radius 2 is 2.00 bits per heavy atom. The molecular weight excluding hydrogens is 362 g/mol. The molecule has 150 valence electrons. The maximum absolute atomic E-state index is 13.1. The number of allylic oxidation sites excluding steroid dienone is 1. The molecule has 0 spiro atoms. The molecule has 0 bridgehead atoms. The lowest BCUT2D eigenvalue weighted by Gasteiger charge is -2.37. The van der Waals surface area contributed by atoms with Gasteiger partial charge in [-0.2, -0.15) is 0 Å². The second kappa shape index (κ2) is 7.82. The van der Waals surface area contributed by atoms with Crippen molar-refractivity contribution < 1.29 is 9.21 Å². The molecule has 1 saturated heterocycles. The highest BCUT2D eigenvalue weighted by molar-refractivity contribution is 5.99. The third kappa shape index (κ3) is 3.95. The summed E-state index contributed by atoms with van der Waals surface area (Å²) in [6.07, 6.45) is 6.79. The first-order valence-corrected chi connectivity index (χ1v) is 10.2. The number of carbonyl (C=O) groups is 1. The van der Waals surface area contributed by atoms with Crippen LogP contribution in [0.3, 0.4) is 0 Å². The van der Waals surface area contributed by atoms with Crippen LogP contribution in [0.5, 0.6) is 0 Å². The van der Waals surface area contributed by atoms with E-state index in [1.807, 2.05) is 25.4 Å². The SMILES string of the molecule is C=C(C)c1coc2ccc(C(=O)Cc3cnccc3N3C[C@H](C)C[C@H](C)C3)nc12. The highest BCUT2D eigenvalue weighted by Crippen LogP contribution is 2.29. The zero-order valence-corrected chi connectivity index (χ0v) is 17.3. The molecule has 1 aliphatic rings. The molecule has 0 amide bonds.